The molecule has 184 valence electrons. The minimum atomic E-state index is -5.30. The van der Waals surface area contributed by atoms with Crippen LogP contribution in [0.1, 0.15) is 11.1 Å². The van der Waals surface area contributed by atoms with Gasteiger partial charge in [0.25, 0.3) is 5.56 Å². The van der Waals surface area contributed by atoms with Crippen molar-refractivity contribution in [1.82, 2.24) is 14.1 Å². The van der Waals surface area contributed by atoms with E-state index in [4.69, 9.17) is 0 Å². The number of thiophene rings is 1. The summed E-state index contributed by atoms with van der Waals surface area (Å²) in [6.45, 7) is 0. The third kappa shape index (κ3) is 4.15. The Morgan fingerprint density at radius 2 is 1.80 bits per heavy atom. The molecule has 0 atom stereocenters. The molecule has 0 aliphatic heterocycles. The van der Waals surface area contributed by atoms with Gasteiger partial charge in [0.15, 0.2) is 5.13 Å². The van der Waals surface area contributed by atoms with Crippen LogP contribution in [0.5, 0.6) is 0 Å². The van der Waals surface area contributed by atoms with Crippen molar-refractivity contribution in [3.05, 3.63) is 71.7 Å². The summed E-state index contributed by atoms with van der Waals surface area (Å²) in [5.74, 6) is -4.76. The van der Waals surface area contributed by atoms with Gasteiger partial charge < -0.3 is 10.3 Å². The molecule has 0 saturated carbocycles. The number of fused-ring (bicyclic) bond motifs is 1. The van der Waals surface area contributed by atoms with Crippen LogP contribution >= 0.6 is 22.7 Å². The zero-order chi connectivity index (χ0) is 25.8. The second-order valence-electron chi connectivity index (χ2n) is 7.31. The molecular formula is C20H12F5N4O4S2-. The number of carbonyl (C=O) groups excluding carboxylic acids is 1. The van der Waals surface area contributed by atoms with Crippen molar-refractivity contribution in [2.24, 2.45) is 14.1 Å². The van der Waals surface area contributed by atoms with E-state index in [9.17, 15) is 41.5 Å². The largest absolute Gasteiger partial charge is 0.750 e. The van der Waals surface area contributed by atoms with E-state index >= 15 is 0 Å². The number of alkyl halides is 3. The van der Waals surface area contributed by atoms with Gasteiger partial charge in [0, 0.05) is 25.0 Å². The van der Waals surface area contributed by atoms with E-state index in [0.29, 0.717) is 22.2 Å². The van der Waals surface area contributed by atoms with Crippen molar-refractivity contribution in [3.8, 4) is 11.3 Å². The van der Waals surface area contributed by atoms with Gasteiger partial charge in [-0.1, -0.05) is 0 Å². The first-order valence-electron chi connectivity index (χ1n) is 9.50. The molecule has 0 unspecified atom stereocenters. The van der Waals surface area contributed by atoms with Crippen molar-refractivity contribution in [1.29, 1.82) is 0 Å². The Hall–Kier alpha value is -3.43. The maximum Gasteiger partial charge on any atom is 0.422 e. The zero-order valence-corrected chi connectivity index (χ0v) is 19.3. The van der Waals surface area contributed by atoms with E-state index in [1.165, 1.54) is 24.0 Å². The van der Waals surface area contributed by atoms with Crippen molar-refractivity contribution in [2.45, 2.75) is 12.6 Å². The highest BCUT2D eigenvalue weighted by Gasteiger charge is 2.39. The third-order valence-corrected chi connectivity index (χ3v) is 7.04. The number of halogens is 5. The topological polar surface area (TPSA) is 100 Å². The van der Waals surface area contributed by atoms with Gasteiger partial charge in [-0.05, 0) is 23.1 Å². The Labute approximate surface area is 199 Å². The molecule has 8 nitrogen and oxygen atoms in total. The van der Waals surface area contributed by atoms with Gasteiger partial charge in [-0.15, -0.1) is 22.7 Å². The molecule has 1 aromatic carbocycles. The average molecular weight is 531 g/mol. The summed E-state index contributed by atoms with van der Waals surface area (Å²) < 4.78 is 69.0. The molecule has 4 aromatic rings. The fraction of sp³-hybridized carbons (Fsp3) is 0.200. The standard InChI is InChI=1S/C20H12F5N4O4S2/c1-27-16(31)13-8(6-34-17(13)28(2)19(27)32)5-12(30)29(33)18-26-11(7-35-18)9-3-4-10(21)14(15(9)22)20(23,24)25/h3-4,6-7H,5H2,1-2H3/q-1. The van der Waals surface area contributed by atoms with Crippen LogP contribution in [0.2, 0.25) is 0 Å². The number of hydroxylamine groups is 1. The molecule has 0 N–H and O–H groups in total. The Morgan fingerprint density at radius 3 is 2.46 bits per heavy atom. The highest BCUT2D eigenvalue weighted by Crippen LogP contribution is 2.38. The number of anilines is 1. The predicted molar refractivity (Wildman–Crippen MR) is 119 cm³/mol. The summed E-state index contributed by atoms with van der Waals surface area (Å²) >= 11 is 1.60. The molecule has 3 aromatic heterocycles. The number of amides is 1. The number of aryl methyl sites for hydroxylation is 1. The summed E-state index contributed by atoms with van der Waals surface area (Å²) in [5.41, 5.74) is -4.21. The molecular weight excluding hydrogens is 519 g/mol. The van der Waals surface area contributed by atoms with Gasteiger partial charge in [-0.25, -0.2) is 18.6 Å². The number of thiazole rings is 1. The molecule has 1 amide bonds. The van der Waals surface area contributed by atoms with Crippen LogP contribution in [0.4, 0.5) is 27.1 Å². The lowest BCUT2D eigenvalue weighted by Gasteiger charge is -2.24. The van der Waals surface area contributed by atoms with E-state index in [1.807, 2.05) is 0 Å². The summed E-state index contributed by atoms with van der Waals surface area (Å²) in [6, 6.07) is 1.17. The van der Waals surface area contributed by atoms with Crippen LogP contribution in [-0.2, 0) is 31.5 Å². The summed E-state index contributed by atoms with van der Waals surface area (Å²) in [4.78, 5) is 41.2. The second kappa shape index (κ2) is 8.66. The first-order chi connectivity index (χ1) is 16.3. The number of hydrogen-bond donors (Lipinski definition) is 0. The lowest BCUT2D eigenvalue weighted by molar-refractivity contribution is -0.142. The van der Waals surface area contributed by atoms with Gasteiger partial charge in [-0.2, -0.15) is 13.2 Å². The predicted octanol–water partition coefficient (Wildman–Crippen LogP) is 3.79. The summed E-state index contributed by atoms with van der Waals surface area (Å²) in [6.07, 6.45) is -5.83. The molecule has 0 saturated heterocycles. The van der Waals surface area contributed by atoms with Crippen LogP contribution in [-0.4, -0.2) is 20.0 Å². The van der Waals surface area contributed by atoms with Crippen molar-refractivity contribution < 1.29 is 26.7 Å². The van der Waals surface area contributed by atoms with E-state index < -0.39 is 63.3 Å². The minimum Gasteiger partial charge on any atom is -0.750 e. The van der Waals surface area contributed by atoms with Gasteiger partial charge in [0.1, 0.15) is 22.0 Å². The van der Waals surface area contributed by atoms with Gasteiger partial charge in [0.2, 0.25) is 5.91 Å². The van der Waals surface area contributed by atoms with Crippen LogP contribution < -0.4 is 16.3 Å². The number of carbonyl (C=O) groups is 1. The van der Waals surface area contributed by atoms with Gasteiger partial charge >= 0.3 is 11.9 Å². The highest BCUT2D eigenvalue weighted by molar-refractivity contribution is 7.17. The number of rotatable bonds is 4. The molecule has 35 heavy (non-hydrogen) atoms. The Bertz CT molecular complexity index is 1600. The third-order valence-electron chi connectivity index (χ3n) is 5.13. The van der Waals surface area contributed by atoms with Crippen LogP contribution in [0.3, 0.4) is 0 Å². The van der Waals surface area contributed by atoms with Crippen LogP contribution in [0, 0.1) is 16.8 Å². The van der Waals surface area contributed by atoms with Crippen molar-refractivity contribution in [2.75, 3.05) is 5.06 Å². The first-order valence-corrected chi connectivity index (χ1v) is 11.3. The molecule has 4 rings (SSSR count). The molecule has 0 spiro atoms. The van der Waals surface area contributed by atoms with Gasteiger partial charge in [-0.3, -0.25) is 18.7 Å². The second-order valence-corrected chi connectivity index (χ2v) is 9.00. The molecule has 0 aliphatic carbocycles. The lowest BCUT2D eigenvalue weighted by Crippen LogP contribution is -2.37. The van der Waals surface area contributed by atoms with Crippen LogP contribution in [0.15, 0.2) is 32.5 Å². The van der Waals surface area contributed by atoms with Crippen LogP contribution in [0.25, 0.3) is 21.5 Å². The van der Waals surface area contributed by atoms with Crippen molar-refractivity contribution >= 4 is 43.9 Å². The Morgan fingerprint density at radius 1 is 1.11 bits per heavy atom. The lowest BCUT2D eigenvalue weighted by atomic mass is 10.1. The fourth-order valence-electron chi connectivity index (χ4n) is 3.39. The molecule has 0 fully saturated rings. The van der Waals surface area contributed by atoms with E-state index in [2.05, 4.69) is 4.98 Å². The maximum absolute atomic E-state index is 14.4. The fourth-order valence-corrected chi connectivity index (χ4v) is 5.16. The molecule has 0 bridgehead atoms. The highest BCUT2D eigenvalue weighted by atomic mass is 32.1. The van der Waals surface area contributed by atoms with Gasteiger partial charge in [0.05, 0.1) is 17.5 Å². The average Bonchev–Trinajstić information content (AvgIpc) is 3.42. The first kappa shape index (κ1) is 24.7. The Kier molecular flexibility index (Phi) is 6.11. The normalized spacial score (nSPS) is 11.9. The van der Waals surface area contributed by atoms with E-state index in [1.54, 1.807) is 0 Å². The Balaban J connectivity index is 1.64. The smallest absolute Gasteiger partial charge is 0.422 e. The summed E-state index contributed by atoms with van der Waals surface area (Å²) in [7, 11) is 2.71. The van der Waals surface area contributed by atoms with E-state index in [-0.39, 0.29) is 16.0 Å². The minimum absolute atomic E-state index is 0.0919. The number of aromatic nitrogens is 3. The quantitative estimate of drug-likeness (QED) is 0.295. The maximum atomic E-state index is 14.4. The monoisotopic (exact) mass is 531 g/mol. The molecule has 0 radical (unpaired) electrons. The molecule has 15 heteroatoms. The number of hydrogen-bond acceptors (Lipinski definition) is 7. The number of benzene rings is 1. The SMILES string of the molecule is Cn1c(=O)c2c(CC(=O)N([O-])c3nc(-c4ccc(F)c(C(F)(F)F)c4F)cs3)csc2n(C)c1=O. The molecule has 3 heterocycles. The zero-order valence-electron chi connectivity index (χ0n) is 17.6. The summed E-state index contributed by atoms with van der Waals surface area (Å²) in [5, 5.41) is 14.5. The van der Waals surface area contributed by atoms with Crippen molar-refractivity contribution in [3.63, 3.8) is 0 Å². The molecule has 0 aliphatic rings. The van der Waals surface area contributed by atoms with E-state index in [0.717, 1.165) is 27.4 Å². The number of nitrogens with zero attached hydrogens (tertiary/aromatic N) is 4.